The molecule has 1 fully saturated rings. The van der Waals surface area contributed by atoms with Gasteiger partial charge in [-0.15, -0.1) is 16.4 Å². The fourth-order valence-corrected chi connectivity index (χ4v) is 2.35. The Morgan fingerprint density at radius 2 is 2.53 bits per heavy atom. The van der Waals surface area contributed by atoms with Crippen molar-refractivity contribution in [1.82, 2.24) is 25.3 Å². The summed E-state index contributed by atoms with van der Waals surface area (Å²) in [5, 5.41) is 14.5. The highest BCUT2D eigenvalue weighted by atomic mass is 32.1. The van der Waals surface area contributed by atoms with Gasteiger partial charge in [0.05, 0.1) is 12.2 Å². The first kappa shape index (κ1) is 8.99. The summed E-state index contributed by atoms with van der Waals surface area (Å²) < 4.78 is 1.94. The van der Waals surface area contributed by atoms with Gasteiger partial charge in [-0.1, -0.05) is 5.21 Å². The molecule has 5 nitrogen and oxygen atoms in total. The van der Waals surface area contributed by atoms with Crippen LogP contribution in [-0.4, -0.2) is 33.1 Å². The van der Waals surface area contributed by atoms with Gasteiger partial charge >= 0.3 is 0 Å². The molecular formula is C9H11N5S. The Labute approximate surface area is 91.1 Å². The Bertz CT molecular complexity index is 429. The zero-order valence-electron chi connectivity index (χ0n) is 8.13. The lowest BCUT2D eigenvalue weighted by atomic mass is 10.3. The van der Waals surface area contributed by atoms with Gasteiger partial charge in [0.2, 0.25) is 0 Å². The van der Waals surface area contributed by atoms with Crippen molar-refractivity contribution >= 4 is 11.3 Å². The van der Waals surface area contributed by atoms with Crippen molar-refractivity contribution in [3.8, 4) is 10.7 Å². The second-order valence-electron chi connectivity index (χ2n) is 3.57. The Hall–Kier alpha value is -1.27. The third kappa shape index (κ3) is 1.66. The molecule has 1 aliphatic heterocycles. The van der Waals surface area contributed by atoms with Crippen LogP contribution >= 0.6 is 11.3 Å². The Morgan fingerprint density at radius 1 is 1.53 bits per heavy atom. The van der Waals surface area contributed by atoms with E-state index in [2.05, 4.69) is 20.6 Å². The molecular weight excluding hydrogens is 210 g/mol. The number of thiazole rings is 1. The highest BCUT2D eigenvalue weighted by molar-refractivity contribution is 7.13. The van der Waals surface area contributed by atoms with Crippen LogP contribution in [0.25, 0.3) is 10.7 Å². The number of hydrogen-bond donors (Lipinski definition) is 1. The van der Waals surface area contributed by atoms with Crippen molar-refractivity contribution in [3.63, 3.8) is 0 Å². The van der Waals surface area contributed by atoms with Crippen molar-refractivity contribution in [3.05, 3.63) is 17.8 Å². The van der Waals surface area contributed by atoms with Crippen LogP contribution in [0.5, 0.6) is 0 Å². The van der Waals surface area contributed by atoms with Gasteiger partial charge in [0.1, 0.15) is 10.7 Å². The predicted molar refractivity (Wildman–Crippen MR) is 57.7 cm³/mol. The summed E-state index contributed by atoms with van der Waals surface area (Å²) in [4.78, 5) is 4.21. The molecule has 0 unspecified atom stereocenters. The lowest BCUT2D eigenvalue weighted by Crippen LogP contribution is -2.13. The summed E-state index contributed by atoms with van der Waals surface area (Å²) in [5.74, 6) is 0. The fourth-order valence-electron chi connectivity index (χ4n) is 1.77. The average molecular weight is 221 g/mol. The maximum Gasteiger partial charge on any atom is 0.145 e. The first-order valence-corrected chi connectivity index (χ1v) is 5.84. The SMILES string of the molecule is c1csc(-c2cn([C@H]3CCNC3)nn2)n1. The van der Waals surface area contributed by atoms with Gasteiger partial charge in [-0.05, 0) is 13.0 Å². The lowest BCUT2D eigenvalue weighted by molar-refractivity contribution is 0.476. The second kappa shape index (κ2) is 3.71. The third-order valence-electron chi connectivity index (χ3n) is 2.57. The summed E-state index contributed by atoms with van der Waals surface area (Å²) in [6.45, 7) is 2.05. The summed E-state index contributed by atoms with van der Waals surface area (Å²) in [6.07, 6.45) is 4.90. The molecule has 0 radical (unpaired) electrons. The van der Waals surface area contributed by atoms with Gasteiger partial charge in [-0.3, -0.25) is 0 Å². The predicted octanol–water partition coefficient (Wildman–Crippen LogP) is 0.936. The summed E-state index contributed by atoms with van der Waals surface area (Å²) in [6, 6.07) is 0.450. The van der Waals surface area contributed by atoms with Gasteiger partial charge < -0.3 is 5.32 Å². The molecule has 2 aromatic rings. The van der Waals surface area contributed by atoms with Crippen LogP contribution in [0, 0.1) is 0 Å². The van der Waals surface area contributed by atoms with E-state index in [9.17, 15) is 0 Å². The van der Waals surface area contributed by atoms with Gasteiger partial charge in [-0.25, -0.2) is 9.67 Å². The Morgan fingerprint density at radius 3 is 3.27 bits per heavy atom. The van der Waals surface area contributed by atoms with Crippen molar-refractivity contribution < 1.29 is 0 Å². The quantitative estimate of drug-likeness (QED) is 0.820. The van der Waals surface area contributed by atoms with Crippen LogP contribution in [0.15, 0.2) is 17.8 Å². The normalized spacial score (nSPS) is 20.9. The average Bonchev–Trinajstić information content (AvgIpc) is 3.02. The molecule has 3 heterocycles. The topological polar surface area (TPSA) is 55.6 Å². The zero-order chi connectivity index (χ0) is 10.1. The van der Waals surface area contributed by atoms with E-state index >= 15 is 0 Å². The molecule has 3 rings (SSSR count). The van der Waals surface area contributed by atoms with E-state index in [0.717, 1.165) is 30.2 Å². The van der Waals surface area contributed by atoms with E-state index < -0.39 is 0 Å². The Kier molecular flexibility index (Phi) is 2.22. The number of aromatic nitrogens is 4. The molecule has 0 aromatic carbocycles. The molecule has 0 bridgehead atoms. The van der Waals surface area contributed by atoms with E-state index in [0.29, 0.717) is 6.04 Å². The number of rotatable bonds is 2. The minimum Gasteiger partial charge on any atom is -0.315 e. The van der Waals surface area contributed by atoms with E-state index in [4.69, 9.17) is 0 Å². The summed E-state index contributed by atoms with van der Waals surface area (Å²) in [5.41, 5.74) is 0.872. The molecule has 0 spiro atoms. The number of nitrogens with one attached hydrogen (secondary N) is 1. The standard InChI is InChI=1S/C9H11N5S/c1-2-10-5-7(1)14-6-8(12-13-14)9-11-3-4-15-9/h3-4,6-7,10H,1-2,5H2/t7-/m0/s1. The van der Waals surface area contributed by atoms with Gasteiger partial charge in [-0.2, -0.15) is 0 Å². The second-order valence-corrected chi connectivity index (χ2v) is 4.46. The molecule has 0 saturated carbocycles. The smallest absolute Gasteiger partial charge is 0.145 e. The molecule has 78 valence electrons. The van der Waals surface area contributed by atoms with E-state index in [1.54, 1.807) is 17.5 Å². The number of nitrogens with zero attached hydrogens (tertiary/aromatic N) is 4. The maximum absolute atomic E-state index is 4.21. The minimum atomic E-state index is 0.450. The summed E-state index contributed by atoms with van der Waals surface area (Å²) >= 11 is 1.59. The van der Waals surface area contributed by atoms with Gasteiger partial charge in [0.15, 0.2) is 0 Å². The molecule has 1 atom stereocenters. The van der Waals surface area contributed by atoms with E-state index in [-0.39, 0.29) is 0 Å². The van der Waals surface area contributed by atoms with Crippen molar-refractivity contribution in [2.75, 3.05) is 13.1 Å². The van der Waals surface area contributed by atoms with Crippen molar-refractivity contribution in [2.24, 2.45) is 0 Å². The van der Waals surface area contributed by atoms with Gasteiger partial charge in [0.25, 0.3) is 0 Å². The molecule has 0 aliphatic carbocycles. The highest BCUT2D eigenvalue weighted by Gasteiger charge is 2.18. The Balaban J connectivity index is 1.87. The van der Waals surface area contributed by atoms with Crippen LogP contribution in [0.3, 0.4) is 0 Å². The lowest BCUT2D eigenvalue weighted by Gasteiger charge is -2.05. The molecule has 6 heteroatoms. The highest BCUT2D eigenvalue weighted by Crippen LogP contribution is 2.21. The monoisotopic (exact) mass is 221 g/mol. The molecule has 15 heavy (non-hydrogen) atoms. The largest absolute Gasteiger partial charge is 0.315 e. The summed E-state index contributed by atoms with van der Waals surface area (Å²) in [7, 11) is 0. The van der Waals surface area contributed by atoms with Crippen molar-refractivity contribution in [2.45, 2.75) is 12.5 Å². The molecule has 1 N–H and O–H groups in total. The fraction of sp³-hybridized carbons (Fsp3) is 0.444. The van der Waals surface area contributed by atoms with E-state index in [1.165, 1.54) is 0 Å². The first-order chi connectivity index (χ1) is 7.43. The molecule has 1 saturated heterocycles. The first-order valence-electron chi connectivity index (χ1n) is 4.96. The van der Waals surface area contributed by atoms with Gasteiger partial charge in [0, 0.05) is 18.1 Å². The van der Waals surface area contributed by atoms with Crippen LogP contribution in [0.4, 0.5) is 0 Å². The van der Waals surface area contributed by atoms with Crippen LogP contribution in [0.2, 0.25) is 0 Å². The van der Waals surface area contributed by atoms with Crippen molar-refractivity contribution in [1.29, 1.82) is 0 Å². The van der Waals surface area contributed by atoms with E-state index in [1.807, 2.05) is 16.3 Å². The molecule has 0 amide bonds. The third-order valence-corrected chi connectivity index (χ3v) is 3.37. The van der Waals surface area contributed by atoms with Crippen LogP contribution in [-0.2, 0) is 0 Å². The maximum atomic E-state index is 4.21. The van der Waals surface area contributed by atoms with Crippen LogP contribution < -0.4 is 5.32 Å². The molecule has 2 aromatic heterocycles. The number of hydrogen-bond acceptors (Lipinski definition) is 5. The molecule has 1 aliphatic rings. The minimum absolute atomic E-state index is 0.450. The zero-order valence-corrected chi connectivity index (χ0v) is 8.94. The van der Waals surface area contributed by atoms with Crippen LogP contribution in [0.1, 0.15) is 12.5 Å².